The molecule has 0 aromatic carbocycles. The third-order valence-electron chi connectivity index (χ3n) is 3.13. The fourth-order valence-electron chi connectivity index (χ4n) is 1.98. The number of thiophene rings is 1. The molecule has 0 aliphatic rings. The van der Waals surface area contributed by atoms with Crippen LogP contribution in [-0.2, 0) is 24.6 Å². The Labute approximate surface area is 168 Å². The number of hydrogen-bond donors (Lipinski definition) is 1. The first-order chi connectivity index (χ1) is 10.1. The molecule has 0 spiro atoms. The van der Waals surface area contributed by atoms with Gasteiger partial charge in [0, 0.05) is 6.04 Å². The Hall–Kier alpha value is 0.770. The van der Waals surface area contributed by atoms with Crippen molar-refractivity contribution in [3.8, 4) is 0 Å². The van der Waals surface area contributed by atoms with E-state index in [4.69, 9.17) is 11.6 Å². The van der Waals surface area contributed by atoms with Crippen LogP contribution >= 0.6 is 22.9 Å². The second kappa shape index (κ2) is 10.0. The zero-order valence-corrected chi connectivity index (χ0v) is 18.2. The summed E-state index contributed by atoms with van der Waals surface area (Å²) in [5.41, 5.74) is 0. The van der Waals surface area contributed by atoms with Gasteiger partial charge in [-0.3, -0.25) is 4.18 Å². The standard InChI is InChI=1S/C11H18ClNO6S3.Na/c1-3-8(4-2)9(7-19-22(16,17)18)13-21(14,15)11-6-5-10(12)20-11;/h5-6,8-9,13H,3-4,7H2,1-2H3,(H,16,17,18);/q;+1/p-1/t9-;/m0./s1. The van der Waals surface area contributed by atoms with Crippen LogP contribution in [0.15, 0.2) is 16.3 Å². The number of halogens is 1. The summed E-state index contributed by atoms with van der Waals surface area (Å²) in [5, 5.41) is 0. The number of hydrogen-bond acceptors (Lipinski definition) is 7. The Bertz CT molecular complexity index is 686. The predicted molar refractivity (Wildman–Crippen MR) is 83.2 cm³/mol. The smallest absolute Gasteiger partial charge is 0.726 e. The van der Waals surface area contributed by atoms with E-state index < -0.39 is 33.1 Å². The second-order valence-corrected chi connectivity index (χ2v) is 9.26. The molecule has 1 heterocycles. The van der Waals surface area contributed by atoms with E-state index >= 15 is 0 Å². The minimum absolute atomic E-state index is 0. The van der Waals surface area contributed by atoms with Gasteiger partial charge in [0.1, 0.15) is 4.21 Å². The van der Waals surface area contributed by atoms with Crippen LogP contribution in [0.2, 0.25) is 4.34 Å². The Kier molecular flexibility index (Phi) is 10.4. The summed E-state index contributed by atoms with van der Waals surface area (Å²) in [6.07, 6.45) is 1.19. The van der Waals surface area contributed by atoms with Crippen molar-refractivity contribution in [1.82, 2.24) is 4.72 Å². The van der Waals surface area contributed by atoms with Crippen LogP contribution in [0, 0.1) is 5.92 Å². The van der Waals surface area contributed by atoms with Crippen molar-refractivity contribution in [3.05, 3.63) is 16.5 Å². The Morgan fingerprint density at radius 1 is 1.26 bits per heavy atom. The van der Waals surface area contributed by atoms with Crippen LogP contribution in [-0.4, -0.2) is 34.0 Å². The van der Waals surface area contributed by atoms with E-state index in [9.17, 15) is 21.4 Å². The summed E-state index contributed by atoms with van der Waals surface area (Å²) in [6.45, 7) is 3.13. The maximum Gasteiger partial charge on any atom is 1.00 e. The molecule has 0 aliphatic heterocycles. The third kappa shape index (κ3) is 8.13. The SMILES string of the molecule is CCC(CC)[C@H](COS(=O)(=O)[O-])NS(=O)(=O)c1ccc(Cl)s1.[Na+]. The van der Waals surface area contributed by atoms with Crippen molar-refractivity contribution in [2.45, 2.75) is 36.9 Å². The number of sulfonamides is 1. The molecule has 0 aliphatic carbocycles. The van der Waals surface area contributed by atoms with Gasteiger partial charge in [-0.1, -0.05) is 38.3 Å². The summed E-state index contributed by atoms with van der Waals surface area (Å²) in [6, 6.07) is 1.97. The largest absolute Gasteiger partial charge is 1.00 e. The average Bonchev–Trinajstić information content (AvgIpc) is 2.83. The van der Waals surface area contributed by atoms with Crippen molar-refractivity contribution in [3.63, 3.8) is 0 Å². The van der Waals surface area contributed by atoms with E-state index in [0.29, 0.717) is 17.2 Å². The predicted octanol–water partition coefficient (Wildman–Crippen LogP) is -1.03. The van der Waals surface area contributed by atoms with E-state index in [2.05, 4.69) is 8.91 Å². The molecule has 1 aromatic rings. The van der Waals surface area contributed by atoms with Crippen LogP contribution in [0.25, 0.3) is 0 Å². The normalized spacial score (nSPS) is 13.8. The molecule has 0 amide bonds. The van der Waals surface area contributed by atoms with Crippen molar-refractivity contribution in [2.75, 3.05) is 6.61 Å². The van der Waals surface area contributed by atoms with Crippen molar-refractivity contribution < 1.29 is 55.1 Å². The molecule has 1 rings (SSSR count). The minimum Gasteiger partial charge on any atom is -0.726 e. The second-order valence-electron chi connectivity index (χ2n) is 4.56. The molecular weight excluding hydrogens is 397 g/mol. The van der Waals surface area contributed by atoms with Gasteiger partial charge >= 0.3 is 29.6 Å². The third-order valence-corrected chi connectivity index (χ3v) is 6.77. The Morgan fingerprint density at radius 2 is 1.83 bits per heavy atom. The van der Waals surface area contributed by atoms with Crippen molar-refractivity contribution in [2.24, 2.45) is 5.92 Å². The molecule has 1 N–H and O–H groups in total. The van der Waals surface area contributed by atoms with Crippen LogP contribution in [0.3, 0.4) is 0 Å². The van der Waals surface area contributed by atoms with Gasteiger partial charge in [-0.25, -0.2) is 21.6 Å². The molecule has 12 heteroatoms. The molecule has 0 radical (unpaired) electrons. The van der Waals surface area contributed by atoms with Gasteiger partial charge in [0.2, 0.25) is 20.4 Å². The zero-order valence-electron chi connectivity index (χ0n) is 13.0. The molecule has 0 bridgehead atoms. The summed E-state index contributed by atoms with van der Waals surface area (Å²) in [5.74, 6) is -0.174. The molecule has 1 aromatic heterocycles. The van der Waals surface area contributed by atoms with Crippen LogP contribution in [0.4, 0.5) is 0 Å². The topological polar surface area (TPSA) is 113 Å². The van der Waals surface area contributed by atoms with Gasteiger partial charge in [-0.15, -0.1) is 11.3 Å². The molecule has 23 heavy (non-hydrogen) atoms. The molecular formula is C11H17ClNNaO6S3. The molecule has 128 valence electrons. The zero-order chi connectivity index (χ0) is 17.0. The van der Waals surface area contributed by atoms with E-state index in [0.717, 1.165) is 11.3 Å². The van der Waals surface area contributed by atoms with Gasteiger partial charge in [-0.2, -0.15) is 0 Å². The van der Waals surface area contributed by atoms with E-state index in [1.807, 2.05) is 13.8 Å². The van der Waals surface area contributed by atoms with Crippen LogP contribution in [0.5, 0.6) is 0 Å². The minimum atomic E-state index is -4.89. The Balaban J connectivity index is 0.00000484. The molecule has 1 atom stereocenters. The first kappa shape index (κ1) is 23.8. The van der Waals surface area contributed by atoms with Gasteiger partial charge < -0.3 is 4.55 Å². The summed E-state index contributed by atoms with van der Waals surface area (Å²) < 4.78 is 63.3. The molecule has 0 unspecified atom stereocenters. The van der Waals surface area contributed by atoms with Crippen LogP contribution in [0.1, 0.15) is 26.7 Å². The summed E-state index contributed by atoms with van der Waals surface area (Å²) in [7, 11) is -8.75. The molecule has 0 saturated heterocycles. The van der Waals surface area contributed by atoms with Crippen LogP contribution < -0.4 is 34.3 Å². The van der Waals surface area contributed by atoms with Crippen molar-refractivity contribution in [1.29, 1.82) is 0 Å². The summed E-state index contributed by atoms with van der Waals surface area (Å²) >= 11 is 6.60. The quantitative estimate of drug-likeness (QED) is 0.314. The van der Waals surface area contributed by atoms with Gasteiger partial charge in [-0.05, 0) is 18.1 Å². The molecule has 7 nitrogen and oxygen atoms in total. The fourth-order valence-corrected chi connectivity index (χ4v) is 5.08. The average molecular weight is 414 g/mol. The first-order valence-electron chi connectivity index (χ1n) is 6.47. The maximum absolute atomic E-state index is 12.3. The summed E-state index contributed by atoms with van der Waals surface area (Å²) in [4.78, 5) is 0. The first-order valence-corrected chi connectivity index (χ1v) is 10.5. The van der Waals surface area contributed by atoms with E-state index in [1.54, 1.807) is 0 Å². The van der Waals surface area contributed by atoms with Gasteiger partial charge in [0.25, 0.3) is 0 Å². The van der Waals surface area contributed by atoms with Gasteiger partial charge in [0.15, 0.2) is 0 Å². The number of nitrogens with one attached hydrogen (secondary N) is 1. The maximum atomic E-state index is 12.3. The van der Waals surface area contributed by atoms with Crippen molar-refractivity contribution >= 4 is 43.4 Å². The number of rotatable bonds is 9. The fraction of sp³-hybridized carbons (Fsp3) is 0.636. The van der Waals surface area contributed by atoms with E-state index in [-0.39, 0.29) is 39.7 Å². The Morgan fingerprint density at radius 3 is 2.22 bits per heavy atom. The molecule has 0 saturated carbocycles. The van der Waals surface area contributed by atoms with Gasteiger partial charge in [0.05, 0.1) is 10.9 Å². The monoisotopic (exact) mass is 413 g/mol. The van der Waals surface area contributed by atoms with E-state index in [1.165, 1.54) is 12.1 Å². The molecule has 0 fully saturated rings.